The van der Waals surface area contributed by atoms with Gasteiger partial charge < -0.3 is 5.32 Å². The zero-order chi connectivity index (χ0) is 14.7. The molecule has 0 saturated carbocycles. The Morgan fingerprint density at radius 3 is 2.90 bits per heavy atom. The lowest BCUT2D eigenvalue weighted by Gasteiger charge is -2.05. The van der Waals surface area contributed by atoms with E-state index in [1.54, 1.807) is 10.7 Å². The molecule has 2 rings (SSSR count). The molecule has 0 unspecified atom stereocenters. The molecule has 6 heteroatoms. The molecule has 0 saturated heterocycles. The van der Waals surface area contributed by atoms with Gasteiger partial charge in [-0.3, -0.25) is 9.48 Å². The minimum absolute atomic E-state index is 0.299. The highest BCUT2D eigenvalue weighted by Crippen LogP contribution is 2.16. The van der Waals surface area contributed by atoms with Crippen LogP contribution in [-0.2, 0) is 20.0 Å². The number of amides is 1. The van der Waals surface area contributed by atoms with E-state index in [1.165, 1.54) is 12.1 Å². The van der Waals surface area contributed by atoms with Crippen LogP contribution in [0, 0.1) is 5.82 Å². The Morgan fingerprint density at radius 1 is 1.50 bits per heavy atom. The number of nitrogens with zero attached hydrogens (tertiary/aromatic N) is 2. The molecule has 0 aliphatic carbocycles. The molecule has 0 aliphatic heterocycles. The number of carbonyl (C=O) groups is 1. The van der Waals surface area contributed by atoms with Crippen molar-refractivity contribution < 1.29 is 9.18 Å². The second kappa shape index (κ2) is 6.17. The van der Waals surface area contributed by atoms with Gasteiger partial charge in [-0.15, -0.1) is 0 Å². The maximum absolute atomic E-state index is 13.4. The van der Waals surface area contributed by atoms with Crippen molar-refractivity contribution in [3.8, 4) is 0 Å². The fraction of sp³-hybridized carbons (Fsp3) is 0.286. The number of carbonyl (C=O) groups excluding carboxylic acids is 1. The van der Waals surface area contributed by atoms with Gasteiger partial charge in [0.25, 0.3) is 5.91 Å². The van der Waals surface area contributed by atoms with Crippen molar-refractivity contribution in [2.75, 3.05) is 0 Å². The molecule has 0 atom stereocenters. The lowest BCUT2D eigenvalue weighted by Crippen LogP contribution is -2.23. The van der Waals surface area contributed by atoms with Crippen molar-refractivity contribution in [1.82, 2.24) is 15.1 Å². The van der Waals surface area contributed by atoms with E-state index in [0.717, 1.165) is 17.7 Å². The van der Waals surface area contributed by atoms with E-state index in [1.807, 2.05) is 20.2 Å². The highest BCUT2D eigenvalue weighted by molar-refractivity contribution is 9.10. The molecule has 0 aliphatic rings. The Balaban J connectivity index is 2.06. The molecule has 2 aromatic rings. The van der Waals surface area contributed by atoms with Crippen LogP contribution in [0.15, 0.2) is 28.9 Å². The quantitative estimate of drug-likeness (QED) is 0.930. The van der Waals surface area contributed by atoms with Gasteiger partial charge in [-0.05, 0) is 40.5 Å². The lowest BCUT2D eigenvalue weighted by molar-refractivity contribution is 0.0950. The van der Waals surface area contributed by atoms with Gasteiger partial charge in [0.2, 0.25) is 0 Å². The number of aryl methyl sites for hydroxylation is 2. The summed E-state index contributed by atoms with van der Waals surface area (Å²) in [5.74, 6) is -0.754. The Labute approximate surface area is 125 Å². The Morgan fingerprint density at radius 2 is 2.25 bits per heavy atom. The van der Waals surface area contributed by atoms with E-state index >= 15 is 0 Å². The summed E-state index contributed by atoms with van der Waals surface area (Å²) in [6.45, 7) is 2.39. The van der Waals surface area contributed by atoms with Gasteiger partial charge in [-0.25, -0.2) is 4.39 Å². The first kappa shape index (κ1) is 14.7. The molecule has 1 aromatic heterocycles. The Hall–Kier alpha value is -1.69. The predicted octanol–water partition coefficient (Wildman–Crippen LogP) is 2.81. The van der Waals surface area contributed by atoms with Gasteiger partial charge in [0.1, 0.15) is 5.82 Å². The number of aromatic nitrogens is 2. The van der Waals surface area contributed by atoms with Crippen molar-refractivity contribution in [3.05, 3.63) is 51.5 Å². The van der Waals surface area contributed by atoms with Gasteiger partial charge in [0, 0.05) is 30.9 Å². The normalized spacial score (nSPS) is 10.6. The molecule has 1 N–H and O–H groups in total. The van der Waals surface area contributed by atoms with E-state index < -0.39 is 5.82 Å². The summed E-state index contributed by atoms with van der Waals surface area (Å²) in [7, 11) is 1.84. The number of halogens is 2. The van der Waals surface area contributed by atoms with Crippen LogP contribution < -0.4 is 5.32 Å². The largest absolute Gasteiger partial charge is 0.348 e. The lowest BCUT2D eigenvalue weighted by atomic mass is 10.2. The maximum atomic E-state index is 13.4. The van der Waals surface area contributed by atoms with Crippen LogP contribution in [0.1, 0.15) is 28.5 Å². The van der Waals surface area contributed by atoms with E-state index in [4.69, 9.17) is 0 Å². The van der Waals surface area contributed by atoms with Gasteiger partial charge in [-0.1, -0.05) is 6.92 Å². The van der Waals surface area contributed by atoms with Crippen molar-refractivity contribution >= 4 is 21.8 Å². The smallest absolute Gasteiger partial charge is 0.251 e. The van der Waals surface area contributed by atoms with Gasteiger partial charge in [0.05, 0.1) is 10.2 Å². The molecule has 20 heavy (non-hydrogen) atoms. The number of nitrogens with one attached hydrogen (secondary N) is 1. The summed E-state index contributed by atoms with van der Waals surface area (Å²) < 4.78 is 15.4. The average molecular weight is 340 g/mol. The van der Waals surface area contributed by atoms with Gasteiger partial charge in [0.15, 0.2) is 0 Å². The number of hydrogen-bond donors (Lipinski definition) is 1. The maximum Gasteiger partial charge on any atom is 0.251 e. The molecule has 4 nitrogen and oxygen atoms in total. The van der Waals surface area contributed by atoms with E-state index in [9.17, 15) is 9.18 Å². The molecule has 0 spiro atoms. The average Bonchev–Trinajstić information content (AvgIpc) is 2.79. The second-order valence-electron chi connectivity index (χ2n) is 4.44. The Bertz CT molecular complexity index is 639. The topological polar surface area (TPSA) is 46.9 Å². The SMILES string of the molecule is CCc1nn(C)cc1CNC(=O)c1ccc(Br)c(F)c1. The summed E-state index contributed by atoms with van der Waals surface area (Å²) >= 11 is 3.06. The summed E-state index contributed by atoms with van der Waals surface area (Å²) in [5.41, 5.74) is 2.23. The molecule has 1 aromatic carbocycles. The molecule has 0 fully saturated rings. The van der Waals surface area contributed by atoms with Crippen molar-refractivity contribution in [1.29, 1.82) is 0 Å². The third kappa shape index (κ3) is 3.25. The zero-order valence-electron chi connectivity index (χ0n) is 11.3. The van der Waals surface area contributed by atoms with Crippen LogP contribution >= 0.6 is 15.9 Å². The molecule has 1 amide bonds. The monoisotopic (exact) mass is 339 g/mol. The van der Waals surface area contributed by atoms with Gasteiger partial charge in [-0.2, -0.15) is 5.10 Å². The number of rotatable bonds is 4. The van der Waals surface area contributed by atoms with Crippen LogP contribution in [-0.4, -0.2) is 15.7 Å². The molecule has 0 bridgehead atoms. The standard InChI is InChI=1S/C14H15BrFN3O/c1-3-13-10(8-19(2)18-13)7-17-14(20)9-4-5-11(15)12(16)6-9/h4-6,8H,3,7H2,1-2H3,(H,17,20). The molecule has 1 heterocycles. The van der Waals surface area contributed by atoms with Crippen molar-refractivity contribution in [3.63, 3.8) is 0 Å². The van der Waals surface area contributed by atoms with Crippen LogP contribution in [0.5, 0.6) is 0 Å². The van der Waals surface area contributed by atoms with E-state index in [2.05, 4.69) is 26.3 Å². The van der Waals surface area contributed by atoms with Crippen LogP contribution in [0.25, 0.3) is 0 Å². The van der Waals surface area contributed by atoms with E-state index in [0.29, 0.717) is 16.6 Å². The summed E-state index contributed by atoms with van der Waals surface area (Å²) in [6, 6.07) is 4.31. The first-order valence-corrected chi connectivity index (χ1v) is 7.05. The van der Waals surface area contributed by atoms with Crippen LogP contribution in [0.4, 0.5) is 4.39 Å². The third-order valence-corrected chi connectivity index (χ3v) is 3.59. The zero-order valence-corrected chi connectivity index (χ0v) is 12.9. The third-order valence-electron chi connectivity index (χ3n) is 2.95. The second-order valence-corrected chi connectivity index (χ2v) is 5.29. The molecular weight excluding hydrogens is 325 g/mol. The number of benzene rings is 1. The fourth-order valence-electron chi connectivity index (χ4n) is 1.94. The van der Waals surface area contributed by atoms with Crippen LogP contribution in [0.2, 0.25) is 0 Å². The molecule has 0 radical (unpaired) electrons. The molecule has 106 valence electrons. The Kier molecular flexibility index (Phi) is 4.54. The first-order chi connectivity index (χ1) is 9.51. The summed E-state index contributed by atoms with van der Waals surface area (Å²) in [6.07, 6.45) is 2.68. The number of hydrogen-bond acceptors (Lipinski definition) is 2. The van der Waals surface area contributed by atoms with Crippen molar-refractivity contribution in [2.45, 2.75) is 19.9 Å². The summed E-state index contributed by atoms with van der Waals surface area (Å²) in [4.78, 5) is 12.0. The van der Waals surface area contributed by atoms with E-state index in [-0.39, 0.29) is 5.91 Å². The predicted molar refractivity (Wildman–Crippen MR) is 77.9 cm³/mol. The highest BCUT2D eigenvalue weighted by Gasteiger charge is 2.11. The fourth-order valence-corrected chi connectivity index (χ4v) is 2.19. The van der Waals surface area contributed by atoms with Crippen molar-refractivity contribution in [2.24, 2.45) is 7.05 Å². The molecular formula is C14H15BrFN3O. The van der Waals surface area contributed by atoms with Gasteiger partial charge >= 0.3 is 0 Å². The minimum Gasteiger partial charge on any atom is -0.348 e. The first-order valence-electron chi connectivity index (χ1n) is 6.26. The summed E-state index contributed by atoms with van der Waals surface area (Å²) in [5, 5.41) is 7.08. The minimum atomic E-state index is -0.451. The van der Waals surface area contributed by atoms with Crippen LogP contribution in [0.3, 0.4) is 0 Å². The highest BCUT2D eigenvalue weighted by atomic mass is 79.9.